The van der Waals surface area contributed by atoms with Crippen molar-refractivity contribution in [3.05, 3.63) is 0 Å². The summed E-state index contributed by atoms with van der Waals surface area (Å²) >= 11 is 1.35. The number of hydrogen-bond acceptors (Lipinski definition) is 4. The van der Waals surface area contributed by atoms with E-state index in [4.69, 9.17) is 20.1 Å². The third-order valence-electron chi connectivity index (χ3n) is 0.921. The van der Waals surface area contributed by atoms with Gasteiger partial charge in [-0.05, 0) is 0 Å². The number of carboxylic acids is 3. The molecule has 0 aliphatic rings. The maximum Gasteiger partial charge on any atom is 0.304 e. The third kappa shape index (κ3) is 32.3. The molecule has 0 rings (SSSR count). The van der Waals surface area contributed by atoms with E-state index in [1.165, 1.54) is 11.8 Å². The van der Waals surface area contributed by atoms with Crippen LogP contribution < -0.4 is 0 Å². The van der Waals surface area contributed by atoms with Crippen LogP contribution in [0.5, 0.6) is 0 Å². The lowest BCUT2D eigenvalue weighted by Gasteiger charge is -1.94. The van der Waals surface area contributed by atoms with Crippen LogP contribution in [0.3, 0.4) is 0 Å². The fraction of sp³-hybridized carbons (Fsp3) is 0.625. The number of rotatable bonds is 6. The molecule has 6 nitrogen and oxygen atoms in total. The molecule has 0 radical (unpaired) electrons. The number of thioether (sulfide) groups is 1. The lowest BCUT2D eigenvalue weighted by atomic mass is 10.5. The van der Waals surface area contributed by atoms with Gasteiger partial charge in [0, 0.05) is 18.4 Å². The first kappa shape index (κ1) is 16.2. The molecule has 0 aromatic rings. The maximum atomic E-state index is 9.97. The van der Waals surface area contributed by atoms with Crippen LogP contribution in [0.2, 0.25) is 0 Å². The second-order valence-electron chi connectivity index (χ2n) is 2.42. The highest BCUT2D eigenvalue weighted by Gasteiger charge is 1.98. The molecular weight excluding hydrogens is 224 g/mol. The van der Waals surface area contributed by atoms with E-state index in [2.05, 4.69) is 0 Å². The zero-order chi connectivity index (χ0) is 12.3. The quantitative estimate of drug-likeness (QED) is 0.585. The Hall–Kier alpha value is -1.24. The van der Waals surface area contributed by atoms with Crippen molar-refractivity contribution in [2.24, 2.45) is 0 Å². The molecule has 0 aromatic carbocycles. The minimum absolute atomic E-state index is 0.101. The van der Waals surface area contributed by atoms with Gasteiger partial charge >= 0.3 is 11.9 Å². The Labute approximate surface area is 91.3 Å². The summed E-state index contributed by atoms with van der Waals surface area (Å²) in [6, 6.07) is 0. The molecule has 0 amide bonds. The average Bonchev–Trinajstić information content (AvgIpc) is 2.01. The van der Waals surface area contributed by atoms with Crippen LogP contribution in [0.25, 0.3) is 0 Å². The molecule has 0 heterocycles. The van der Waals surface area contributed by atoms with Gasteiger partial charge in [-0.15, -0.1) is 0 Å². The molecule has 0 aliphatic carbocycles. The van der Waals surface area contributed by atoms with E-state index in [1.807, 2.05) is 0 Å². The van der Waals surface area contributed by atoms with E-state index in [0.29, 0.717) is 11.5 Å². The Morgan fingerprint density at radius 2 is 1.20 bits per heavy atom. The molecule has 0 saturated carbocycles. The molecule has 0 unspecified atom stereocenters. The van der Waals surface area contributed by atoms with Crippen molar-refractivity contribution >= 4 is 29.7 Å². The molecule has 0 bridgehead atoms. The van der Waals surface area contributed by atoms with Crippen molar-refractivity contribution in [1.82, 2.24) is 0 Å². The van der Waals surface area contributed by atoms with Gasteiger partial charge < -0.3 is 15.3 Å². The average molecular weight is 238 g/mol. The molecule has 7 heteroatoms. The Morgan fingerprint density at radius 1 is 0.933 bits per heavy atom. The zero-order valence-electron chi connectivity index (χ0n) is 8.30. The van der Waals surface area contributed by atoms with Gasteiger partial charge in [0.15, 0.2) is 0 Å². The van der Waals surface area contributed by atoms with Crippen molar-refractivity contribution in [2.45, 2.75) is 19.8 Å². The van der Waals surface area contributed by atoms with Crippen molar-refractivity contribution < 1.29 is 29.7 Å². The summed E-state index contributed by atoms with van der Waals surface area (Å²) in [7, 11) is 0. The first-order chi connectivity index (χ1) is 6.86. The van der Waals surface area contributed by atoms with E-state index in [1.54, 1.807) is 0 Å². The van der Waals surface area contributed by atoms with Crippen LogP contribution in [0.1, 0.15) is 19.8 Å². The molecular formula is C8H14O6S. The van der Waals surface area contributed by atoms with Crippen LogP contribution in [-0.4, -0.2) is 44.7 Å². The van der Waals surface area contributed by atoms with E-state index in [0.717, 1.165) is 6.92 Å². The number of carbonyl (C=O) groups is 3. The van der Waals surface area contributed by atoms with E-state index >= 15 is 0 Å². The second-order valence-corrected chi connectivity index (χ2v) is 3.64. The van der Waals surface area contributed by atoms with E-state index in [9.17, 15) is 9.59 Å². The van der Waals surface area contributed by atoms with Crippen LogP contribution in [0, 0.1) is 0 Å². The molecule has 0 spiro atoms. The molecule has 0 saturated heterocycles. The first-order valence-corrected chi connectivity index (χ1v) is 5.22. The minimum atomic E-state index is -0.840. The highest BCUT2D eigenvalue weighted by atomic mass is 32.2. The van der Waals surface area contributed by atoms with Gasteiger partial charge in [0.25, 0.3) is 5.97 Å². The Bertz CT molecular complexity index is 195. The second kappa shape index (κ2) is 10.8. The van der Waals surface area contributed by atoms with Gasteiger partial charge in [-0.25, -0.2) is 0 Å². The van der Waals surface area contributed by atoms with Gasteiger partial charge in [0.05, 0.1) is 12.8 Å². The largest absolute Gasteiger partial charge is 0.481 e. The van der Waals surface area contributed by atoms with Crippen LogP contribution in [0.15, 0.2) is 0 Å². The molecule has 88 valence electrons. The van der Waals surface area contributed by atoms with Crippen molar-refractivity contribution in [2.75, 3.05) is 11.5 Å². The standard InChI is InChI=1S/C6H10O4S.C2H4O2/c7-5(8)1-3-11-4-2-6(9)10;1-2(3)4/h1-4H2,(H,7,8)(H,9,10);1H3,(H,3,4). The Balaban J connectivity index is 0. The summed E-state index contributed by atoms with van der Waals surface area (Å²) < 4.78 is 0. The smallest absolute Gasteiger partial charge is 0.304 e. The van der Waals surface area contributed by atoms with E-state index in [-0.39, 0.29) is 12.8 Å². The van der Waals surface area contributed by atoms with Gasteiger partial charge in [-0.3, -0.25) is 14.4 Å². The summed E-state index contributed by atoms with van der Waals surface area (Å²) in [6.07, 6.45) is 0.203. The summed E-state index contributed by atoms with van der Waals surface area (Å²) in [4.78, 5) is 28.9. The van der Waals surface area contributed by atoms with Crippen LogP contribution >= 0.6 is 11.8 Å². The number of hydrogen-bond donors (Lipinski definition) is 3. The van der Waals surface area contributed by atoms with Crippen LogP contribution in [0.4, 0.5) is 0 Å². The molecule has 15 heavy (non-hydrogen) atoms. The molecule has 0 fully saturated rings. The fourth-order valence-electron chi connectivity index (χ4n) is 0.421. The maximum absolute atomic E-state index is 9.97. The monoisotopic (exact) mass is 238 g/mol. The summed E-state index contributed by atoms with van der Waals surface area (Å²) in [5.41, 5.74) is 0. The Morgan fingerprint density at radius 3 is 1.40 bits per heavy atom. The highest BCUT2D eigenvalue weighted by Crippen LogP contribution is 2.03. The lowest BCUT2D eigenvalue weighted by Crippen LogP contribution is -1.99. The lowest BCUT2D eigenvalue weighted by molar-refractivity contribution is -0.137. The SMILES string of the molecule is CC(=O)O.O=C(O)CCSCCC(=O)O. The number of carboxylic acid groups (broad SMARTS) is 3. The van der Waals surface area contributed by atoms with Crippen molar-refractivity contribution in [1.29, 1.82) is 0 Å². The highest BCUT2D eigenvalue weighted by molar-refractivity contribution is 7.99. The first-order valence-electron chi connectivity index (χ1n) is 4.07. The van der Waals surface area contributed by atoms with Crippen molar-refractivity contribution in [3.8, 4) is 0 Å². The summed E-state index contributed by atoms with van der Waals surface area (Å²) in [6.45, 7) is 1.08. The van der Waals surface area contributed by atoms with Gasteiger partial charge in [0.1, 0.15) is 0 Å². The molecule has 0 aromatic heterocycles. The molecule has 3 N–H and O–H groups in total. The Kier molecular flexibility index (Phi) is 11.7. The topological polar surface area (TPSA) is 112 Å². The minimum Gasteiger partial charge on any atom is -0.481 e. The summed E-state index contributed by atoms with van der Waals surface area (Å²) in [5.74, 6) is -1.54. The zero-order valence-corrected chi connectivity index (χ0v) is 9.12. The molecule has 0 atom stereocenters. The predicted octanol–water partition coefficient (Wildman–Crippen LogP) is 0.760. The fourth-order valence-corrected chi connectivity index (χ4v) is 1.26. The predicted molar refractivity (Wildman–Crippen MR) is 55.1 cm³/mol. The third-order valence-corrected chi connectivity index (χ3v) is 1.91. The normalized spacial score (nSPS) is 8.60. The number of aliphatic carboxylic acids is 3. The van der Waals surface area contributed by atoms with Gasteiger partial charge in [-0.2, -0.15) is 11.8 Å². The van der Waals surface area contributed by atoms with Gasteiger partial charge in [0.2, 0.25) is 0 Å². The molecule has 0 aliphatic heterocycles. The van der Waals surface area contributed by atoms with E-state index < -0.39 is 17.9 Å². The van der Waals surface area contributed by atoms with Crippen molar-refractivity contribution in [3.63, 3.8) is 0 Å². The van der Waals surface area contributed by atoms with Crippen LogP contribution in [-0.2, 0) is 14.4 Å². The summed E-state index contributed by atoms with van der Waals surface area (Å²) in [5, 5.41) is 23.8. The van der Waals surface area contributed by atoms with Gasteiger partial charge in [-0.1, -0.05) is 0 Å².